The lowest BCUT2D eigenvalue weighted by atomic mass is 10.0. The smallest absolute Gasteiger partial charge is 0.255 e. The fourth-order valence-corrected chi connectivity index (χ4v) is 3.01. The van der Waals surface area contributed by atoms with E-state index < -0.39 is 0 Å². The van der Waals surface area contributed by atoms with E-state index in [2.05, 4.69) is 21.3 Å². The summed E-state index contributed by atoms with van der Waals surface area (Å²) in [7, 11) is 0. The van der Waals surface area contributed by atoms with Crippen molar-refractivity contribution in [1.29, 1.82) is 0 Å². The van der Waals surface area contributed by atoms with Gasteiger partial charge in [0.05, 0.1) is 5.56 Å². The fraction of sp³-hybridized carbons (Fsp3) is 0.412. The number of hydrogen-bond acceptors (Lipinski definition) is 4. The number of fused-ring (bicyclic) bond motifs is 1. The normalized spacial score (nSPS) is 14.6. The molecule has 0 spiro atoms. The zero-order valence-corrected chi connectivity index (χ0v) is 13.1. The van der Waals surface area contributed by atoms with Gasteiger partial charge in [0.15, 0.2) is 0 Å². The van der Waals surface area contributed by atoms with Crippen LogP contribution in [0, 0.1) is 6.92 Å². The second kappa shape index (κ2) is 6.32. The molecule has 5 nitrogen and oxygen atoms in total. The number of nitrogens with zero attached hydrogens (tertiary/aromatic N) is 2. The Balaban J connectivity index is 1.81. The standard InChI is InChI=1S/C17H21N3O2/c1-3-19-17(21)16-12(2)22-15-6-8-20(11-14(15)16)10-13-5-4-7-18-9-13/h4-5,7,9H,3,6,8,10-11H2,1-2H3,(H,19,21). The maximum Gasteiger partial charge on any atom is 0.255 e. The highest BCUT2D eigenvalue weighted by Crippen LogP contribution is 2.28. The molecule has 2 aromatic rings. The van der Waals surface area contributed by atoms with Gasteiger partial charge >= 0.3 is 0 Å². The van der Waals surface area contributed by atoms with E-state index in [1.165, 1.54) is 5.56 Å². The lowest BCUT2D eigenvalue weighted by Gasteiger charge is -2.26. The zero-order valence-electron chi connectivity index (χ0n) is 13.1. The zero-order chi connectivity index (χ0) is 15.5. The van der Waals surface area contributed by atoms with Crippen molar-refractivity contribution in [3.05, 3.63) is 52.7 Å². The molecule has 1 N–H and O–H groups in total. The van der Waals surface area contributed by atoms with Crippen molar-refractivity contribution < 1.29 is 9.21 Å². The third kappa shape index (κ3) is 2.90. The number of carbonyl (C=O) groups is 1. The molecule has 0 saturated heterocycles. The Kier molecular flexibility index (Phi) is 4.24. The Labute approximate surface area is 130 Å². The van der Waals surface area contributed by atoms with Gasteiger partial charge in [0.2, 0.25) is 0 Å². The van der Waals surface area contributed by atoms with Crippen LogP contribution in [0.4, 0.5) is 0 Å². The van der Waals surface area contributed by atoms with E-state index in [0.29, 0.717) is 12.1 Å². The average Bonchev–Trinajstić information content (AvgIpc) is 2.84. The summed E-state index contributed by atoms with van der Waals surface area (Å²) in [6.45, 7) is 6.94. The molecule has 0 radical (unpaired) electrons. The molecule has 0 fully saturated rings. The minimum absolute atomic E-state index is 0.0340. The lowest BCUT2D eigenvalue weighted by Crippen LogP contribution is -2.31. The molecule has 1 aliphatic rings. The first kappa shape index (κ1) is 14.8. The predicted molar refractivity (Wildman–Crippen MR) is 83.5 cm³/mol. The first-order valence-electron chi connectivity index (χ1n) is 7.69. The summed E-state index contributed by atoms with van der Waals surface area (Å²) in [5.41, 5.74) is 2.94. The van der Waals surface area contributed by atoms with Crippen molar-refractivity contribution >= 4 is 5.91 Å². The van der Waals surface area contributed by atoms with Crippen LogP contribution in [-0.4, -0.2) is 28.9 Å². The van der Waals surface area contributed by atoms with E-state index in [-0.39, 0.29) is 5.91 Å². The van der Waals surface area contributed by atoms with E-state index in [1.807, 2.05) is 26.1 Å². The second-order valence-electron chi connectivity index (χ2n) is 5.62. The number of aromatic nitrogens is 1. The number of aryl methyl sites for hydroxylation is 1. The van der Waals surface area contributed by atoms with Crippen LogP contribution in [0.1, 0.15) is 39.9 Å². The highest BCUT2D eigenvalue weighted by atomic mass is 16.3. The van der Waals surface area contributed by atoms with E-state index in [9.17, 15) is 4.79 Å². The van der Waals surface area contributed by atoms with Crippen LogP contribution in [0.15, 0.2) is 28.9 Å². The van der Waals surface area contributed by atoms with Gasteiger partial charge < -0.3 is 9.73 Å². The monoisotopic (exact) mass is 299 g/mol. The Morgan fingerprint density at radius 2 is 2.36 bits per heavy atom. The van der Waals surface area contributed by atoms with Gasteiger partial charge in [-0.05, 0) is 25.5 Å². The Bertz CT molecular complexity index is 664. The first-order valence-corrected chi connectivity index (χ1v) is 7.69. The number of carbonyl (C=O) groups excluding carboxylic acids is 1. The van der Waals surface area contributed by atoms with Crippen LogP contribution in [0.3, 0.4) is 0 Å². The van der Waals surface area contributed by atoms with Crippen LogP contribution in [-0.2, 0) is 19.5 Å². The molecule has 1 amide bonds. The molecule has 0 aliphatic carbocycles. The summed E-state index contributed by atoms with van der Waals surface area (Å²) in [5.74, 6) is 1.65. The molecule has 0 saturated carbocycles. The van der Waals surface area contributed by atoms with Gasteiger partial charge in [-0.1, -0.05) is 6.07 Å². The Morgan fingerprint density at radius 3 is 3.09 bits per heavy atom. The van der Waals surface area contributed by atoms with Gasteiger partial charge in [-0.2, -0.15) is 0 Å². The van der Waals surface area contributed by atoms with Crippen molar-refractivity contribution in [2.75, 3.05) is 13.1 Å². The van der Waals surface area contributed by atoms with E-state index in [4.69, 9.17) is 4.42 Å². The molecular weight excluding hydrogens is 278 g/mol. The van der Waals surface area contributed by atoms with Gasteiger partial charge in [-0.25, -0.2) is 0 Å². The number of furan rings is 1. The van der Waals surface area contributed by atoms with Crippen molar-refractivity contribution in [2.45, 2.75) is 33.4 Å². The largest absolute Gasteiger partial charge is 0.465 e. The molecule has 116 valence electrons. The average molecular weight is 299 g/mol. The Hall–Kier alpha value is -2.14. The molecule has 22 heavy (non-hydrogen) atoms. The summed E-state index contributed by atoms with van der Waals surface area (Å²) in [6.07, 6.45) is 4.51. The predicted octanol–water partition coefficient (Wildman–Crippen LogP) is 2.29. The number of rotatable bonds is 4. The van der Waals surface area contributed by atoms with Crippen LogP contribution in [0.5, 0.6) is 0 Å². The van der Waals surface area contributed by atoms with Gasteiger partial charge in [0, 0.05) is 50.6 Å². The summed E-state index contributed by atoms with van der Waals surface area (Å²) in [5, 5.41) is 2.88. The maximum absolute atomic E-state index is 12.3. The molecule has 3 rings (SSSR count). The van der Waals surface area contributed by atoms with Gasteiger partial charge in [0.1, 0.15) is 11.5 Å². The quantitative estimate of drug-likeness (QED) is 0.941. The molecule has 1 aliphatic heterocycles. The highest BCUT2D eigenvalue weighted by Gasteiger charge is 2.27. The summed E-state index contributed by atoms with van der Waals surface area (Å²) in [6, 6.07) is 4.03. The highest BCUT2D eigenvalue weighted by molar-refractivity contribution is 5.97. The number of hydrogen-bond donors (Lipinski definition) is 1. The summed E-state index contributed by atoms with van der Waals surface area (Å²) in [4.78, 5) is 18.8. The van der Waals surface area contributed by atoms with E-state index in [1.54, 1.807) is 6.20 Å². The third-order valence-electron chi connectivity index (χ3n) is 4.00. The van der Waals surface area contributed by atoms with Crippen LogP contribution in [0.25, 0.3) is 0 Å². The van der Waals surface area contributed by atoms with Gasteiger partial charge in [-0.3, -0.25) is 14.7 Å². The van der Waals surface area contributed by atoms with Crippen LogP contribution >= 0.6 is 0 Å². The molecular formula is C17H21N3O2. The minimum atomic E-state index is -0.0340. The van der Waals surface area contributed by atoms with Gasteiger partial charge in [-0.15, -0.1) is 0 Å². The van der Waals surface area contributed by atoms with Crippen molar-refractivity contribution in [2.24, 2.45) is 0 Å². The SMILES string of the molecule is CCNC(=O)c1c(C)oc2c1CN(Cc1cccnc1)CC2. The molecule has 0 unspecified atom stereocenters. The third-order valence-corrected chi connectivity index (χ3v) is 4.00. The topological polar surface area (TPSA) is 58.4 Å². The molecule has 0 bridgehead atoms. The molecule has 0 atom stereocenters. The van der Waals surface area contributed by atoms with Crippen LogP contribution in [0.2, 0.25) is 0 Å². The second-order valence-corrected chi connectivity index (χ2v) is 5.62. The maximum atomic E-state index is 12.3. The fourth-order valence-electron chi connectivity index (χ4n) is 3.01. The molecule has 0 aromatic carbocycles. The summed E-state index contributed by atoms with van der Waals surface area (Å²) >= 11 is 0. The van der Waals surface area contributed by atoms with Crippen molar-refractivity contribution in [3.63, 3.8) is 0 Å². The van der Waals surface area contributed by atoms with Crippen LogP contribution < -0.4 is 5.32 Å². The first-order chi connectivity index (χ1) is 10.7. The number of amides is 1. The molecule has 2 aromatic heterocycles. The van der Waals surface area contributed by atoms with E-state index in [0.717, 1.165) is 43.1 Å². The number of pyridine rings is 1. The van der Waals surface area contributed by atoms with Crippen molar-refractivity contribution in [3.8, 4) is 0 Å². The minimum Gasteiger partial charge on any atom is -0.465 e. The van der Waals surface area contributed by atoms with Crippen molar-refractivity contribution in [1.82, 2.24) is 15.2 Å². The number of nitrogens with one attached hydrogen (secondary N) is 1. The van der Waals surface area contributed by atoms with Gasteiger partial charge in [0.25, 0.3) is 5.91 Å². The van der Waals surface area contributed by atoms with E-state index >= 15 is 0 Å². The molecule has 5 heteroatoms. The molecule has 3 heterocycles. The Morgan fingerprint density at radius 1 is 1.50 bits per heavy atom. The summed E-state index contributed by atoms with van der Waals surface area (Å²) < 4.78 is 5.80. The lowest BCUT2D eigenvalue weighted by molar-refractivity contribution is 0.0952.